The highest BCUT2D eigenvalue weighted by molar-refractivity contribution is 5.86. The van der Waals surface area contributed by atoms with Crippen LogP contribution >= 0.6 is 0 Å². The third-order valence-corrected chi connectivity index (χ3v) is 5.36. The Labute approximate surface area is 179 Å². The molecule has 1 atom stereocenters. The van der Waals surface area contributed by atoms with Gasteiger partial charge in [-0.2, -0.15) is 0 Å². The van der Waals surface area contributed by atoms with Gasteiger partial charge in [-0.25, -0.2) is 0 Å². The Balaban J connectivity index is 1.32. The Morgan fingerprint density at radius 1 is 1.10 bits per heavy atom. The molecule has 0 bridgehead atoms. The molecule has 2 aromatic carbocycles. The Morgan fingerprint density at radius 2 is 1.83 bits per heavy atom. The summed E-state index contributed by atoms with van der Waals surface area (Å²) >= 11 is 0. The third-order valence-electron chi connectivity index (χ3n) is 5.36. The number of benzene rings is 2. The van der Waals surface area contributed by atoms with E-state index < -0.39 is 0 Å². The number of aliphatic imine (C=N–C) groups is 1. The molecule has 0 aromatic heterocycles. The maximum absolute atomic E-state index is 12.6. The van der Waals surface area contributed by atoms with Crippen molar-refractivity contribution >= 4 is 11.9 Å². The number of rotatable bonds is 8. The number of fused-ring (bicyclic) bond motifs is 1. The van der Waals surface area contributed by atoms with E-state index in [1.54, 1.807) is 7.05 Å². The molecule has 0 saturated heterocycles. The van der Waals surface area contributed by atoms with Crippen LogP contribution in [0.2, 0.25) is 0 Å². The Morgan fingerprint density at radius 3 is 2.60 bits per heavy atom. The lowest BCUT2D eigenvalue weighted by Crippen LogP contribution is -2.46. The van der Waals surface area contributed by atoms with E-state index in [0.717, 1.165) is 25.9 Å². The molecule has 3 rings (SSSR count). The number of ether oxygens (including phenoxy) is 1. The van der Waals surface area contributed by atoms with Crippen molar-refractivity contribution in [2.24, 2.45) is 4.99 Å². The minimum absolute atomic E-state index is 0.0796. The first-order chi connectivity index (χ1) is 14.7. The summed E-state index contributed by atoms with van der Waals surface area (Å²) in [6.07, 6.45) is 1.85. The van der Waals surface area contributed by atoms with Gasteiger partial charge in [0.2, 0.25) is 5.91 Å². The standard InChI is InChI=1S/C24H32N4O2/c1-19(20-9-4-3-5-10-20)30-16-8-14-26-24(25-2)27-17-23(29)28-15-13-21-11-6-7-12-22(21)18-28/h3-7,9-12,19H,8,13-18H2,1-2H3,(H2,25,26,27). The van der Waals surface area contributed by atoms with Gasteiger partial charge in [-0.15, -0.1) is 0 Å². The molecular weight excluding hydrogens is 376 g/mol. The second-order valence-corrected chi connectivity index (χ2v) is 7.46. The number of amides is 1. The minimum Gasteiger partial charge on any atom is -0.374 e. The topological polar surface area (TPSA) is 66.0 Å². The first kappa shape index (κ1) is 21.8. The van der Waals surface area contributed by atoms with Crippen LogP contribution < -0.4 is 10.6 Å². The van der Waals surface area contributed by atoms with E-state index in [4.69, 9.17) is 4.74 Å². The predicted molar refractivity (Wildman–Crippen MR) is 120 cm³/mol. The van der Waals surface area contributed by atoms with Crippen molar-refractivity contribution in [2.75, 3.05) is 33.3 Å². The van der Waals surface area contributed by atoms with E-state index >= 15 is 0 Å². The van der Waals surface area contributed by atoms with Crippen LogP contribution in [0.25, 0.3) is 0 Å². The summed E-state index contributed by atoms with van der Waals surface area (Å²) in [4.78, 5) is 18.7. The van der Waals surface area contributed by atoms with Crippen molar-refractivity contribution in [2.45, 2.75) is 32.4 Å². The average molecular weight is 409 g/mol. The number of hydrogen-bond donors (Lipinski definition) is 2. The highest BCUT2D eigenvalue weighted by atomic mass is 16.5. The maximum Gasteiger partial charge on any atom is 0.242 e. The Kier molecular flexibility index (Phi) is 8.27. The van der Waals surface area contributed by atoms with Gasteiger partial charge in [0.05, 0.1) is 12.6 Å². The van der Waals surface area contributed by atoms with Crippen LogP contribution in [-0.4, -0.2) is 50.1 Å². The minimum atomic E-state index is 0.0796. The lowest BCUT2D eigenvalue weighted by molar-refractivity contribution is -0.130. The van der Waals surface area contributed by atoms with E-state index in [9.17, 15) is 4.79 Å². The zero-order valence-corrected chi connectivity index (χ0v) is 17.9. The fraction of sp³-hybridized carbons (Fsp3) is 0.417. The van der Waals surface area contributed by atoms with Gasteiger partial charge in [0.25, 0.3) is 0 Å². The van der Waals surface area contributed by atoms with E-state index in [1.165, 1.54) is 16.7 Å². The fourth-order valence-electron chi connectivity index (χ4n) is 3.56. The average Bonchev–Trinajstić information content (AvgIpc) is 2.80. The van der Waals surface area contributed by atoms with Crippen molar-refractivity contribution in [1.29, 1.82) is 0 Å². The van der Waals surface area contributed by atoms with Crippen LogP contribution in [0.15, 0.2) is 59.6 Å². The molecule has 1 heterocycles. The summed E-state index contributed by atoms with van der Waals surface area (Å²) in [5, 5.41) is 6.37. The van der Waals surface area contributed by atoms with Gasteiger partial charge in [0.15, 0.2) is 5.96 Å². The number of carbonyl (C=O) groups is 1. The molecule has 2 N–H and O–H groups in total. The summed E-state index contributed by atoms with van der Waals surface area (Å²) in [6.45, 7) is 5.13. The lowest BCUT2D eigenvalue weighted by atomic mass is 10.00. The molecule has 0 radical (unpaired) electrons. The van der Waals surface area contributed by atoms with Crippen LogP contribution in [-0.2, 0) is 22.5 Å². The van der Waals surface area contributed by atoms with Gasteiger partial charge in [0.1, 0.15) is 0 Å². The normalized spacial score (nSPS) is 14.7. The first-order valence-electron chi connectivity index (χ1n) is 10.6. The van der Waals surface area contributed by atoms with E-state index in [1.807, 2.05) is 29.2 Å². The number of nitrogens with zero attached hydrogens (tertiary/aromatic N) is 2. The zero-order valence-electron chi connectivity index (χ0n) is 17.9. The molecule has 0 saturated carbocycles. The third kappa shape index (κ3) is 6.32. The van der Waals surface area contributed by atoms with Crippen LogP contribution in [0.5, 0.6) is 0 Å². The highest BCUT2D eigenvalue weighted by Crippen LogP contribution is 2.18. The molecule has 1 unspecified atom stereocenters. The van der Waals surface area contributed by atoms with Crippen LogP contribution in [0.3, 0.4) is 0 Å². The number of hydrogen-bond acceptors (Lipinski definition) is 3. The second kappa shape index (κ2) is 11.4. The van der Waals surface area contributed by atoms with Gasteiger partial charge in [-0.05, 0) is 36.5 Å². The summed E-state index contributed by atoms with van der Waals surface area (Å²) in [7, 11) is 1.71. The molecular formula is C24H32N4O2. The smallest absolute Gasteiger partial charge is 0.242 e. The number of carbonyl (C=O) groups excluding carboxylic acids is 1. The van der Waals surface area contributed by atoms with Gasteiger partial charge in [-0.1, -0.05) is 54.6 Å². The molecule has 6 nitrogen and oxygen atoms in total. The van der Waals surface area contributed by atoms with Crippen LogP contribution in [0.1, 0.15) is 36.1 Å². The zero-order chi connectivity index (χ0) is 21.2. The number of guanidine groups is 1. The summed E-state index contributed by atoms with van der Waals surface area (Å²) < 4.78 is 5.89. The molecule has 0 fully saturated rings. The lowest BCUT2D eigenvalue weighted by Gasteiger charge is -2.29. The van der Waals surface area contributed by atoms with Gasteiger partial charge < -0.3 is 20.3 Å². The van der Waals surface area contributed by atoms with E-state index in [-0.39, 0.29) is 18.6 Å². The molecule has 6 heteroatoms. The van der Waals surface area contributed by atoms with Gasteiger partial charge in [0, 0.05) is 33.3 Å². The van der Waals surface area contributed by atoms with Crippen molar-refractivity contribution in [1.82, 2.24) is 15.5 Å². The van der Waals surface area contributed by atoms with Crippen molar-refractivity contribution < 1.29 is 9.53 Å². The summed E-state index contributed by atoms with van der Waals surface area (Å²) in [5.74, 6) is 0.726. The van der Waals surface area contributed by atoms with Crippen LogP contribution in [0, 0.1) is 0 Å². The SMILES string of the molecule is CN=C(NCCCOC(C)c1ccccc1)NCC(=O)N1CCc2ccccc2C1. The molecule has 2 aromatic rings. The highest BCUT2D eigenvalue weighted by Gasteiger charge is 2.20. The van der Waals surface area contributed by atoms with Crippen molar-refractivity contribution in [3.8, 4) is 0 Å². The fourth-order valence-corrected chi connectivity index (χ4v) is 3.56. The Bertz CT molecular complexity index is 838. The molecule has 0 aliphatic carbocycles. The van der Waals surface area contributed by atoms with E-state index in [2.05, 4.69) is 52.9 Å². The first-order valence-corrected chi connectivity index (χ1v) is 10.6. The van der Waals surface area contributed by atoms with Gasteiger partial charge in [-0.3, -0.25) is 9.79 Å². The number of nitrogens with one attached hydrogen (secondary N) is 2. The van der Waals surface area contributed by atoms with Crippen molar-refractivity contribution in [3.05, 3.63) is 71.3 Å². The van der Waals surface area contributed by atoms with E-state index in [0.29, 0.717) is 19.1 Å². The van der Waals surface area contributed by atoms with Crippen molar-refractivity contribution in [3.63, 3.8) is 0 Å². The predicted octanol–water partition coefficient (Wildman–Crippen LogP) is 2.90. The molecule has 30 heavy (non-hydrogen) atoms. The molecule has 1 amide bonds. The molecule has 1 aliphatic rings. The quantitative estimate of drug-likeness (QED) is 0.400. The monoisotopic (exact) mass is 408 g/mol. The maximum atomic E-state index is 12.6. The van der Waals surface area contributed by atoms with Gasteiger partial charge >= 0.3 is 0 Å². The largest absolute Gasteiger partial charge is 0.374 e. The molecule has 1 aliphatic heterocycles. The summed E-state index contributed by atoms with van der Waals surface area (Å²) in [6, 6.07) is 18.5. The second-order valence-electron chi connectivity index (χ2n) is 7.46. The molecule has 0 spiro atoms. The summed E-state index contributed by atoms with van der Waals surface area (Å²) in [5.41, 5.74) is 3.77. The Hall–Kier alpha value is -2.86. The van der Waals surface area contributed by atoms with Crippen LogP contribution in [0.4, 0.5) is 0 Å². The molecule has 160 valence electrons.